The van der Waals surface area contributed by atoms with Crippen molar-refractivity contribution in [1.82, 2.24) is 0 Å². The fourth-order valence-corrected chi connectivity index (χ4v) is 2.19. The SMILES string of the molecule is COC1C=CC(C)(N)C(C)C(C)(C)C/C=C\1. The Morgan fingerprint density at radius 1 is 1.25 bits per heavy atom. The summed E-state index contributed by atoms with van der Waals surface area (Å²) in [5.41, 5.74) is 6.30. The number of rotatable bonds is 1. The minimum atomic E-state index is -0.285. The summed E-state index contributed by atoms with van der Waals surface area (Å²) in [5.74, 6) is 0.413. The van der Waals surface area contributed by atoms with Crippen LogP contribution in [0.2, 0.25) is 0 Å². The van der Waals surface area contributed by atoms with Crippen LogP contribution in [0.25, 0.3) is 0 Å². The molecule has 2 nitrogen and oxygen atoms in total. The number of allylic oxidation sites excluding steroid dienone is 1. The summed E-state index contributed by atoms with van der Waals surface area (Å²) in [6.45, 7) is 8.86. The van der Waals surface area contributed by atoms with Crippen molar-refractivity contribution < 1.29 is 4.74 Å². The van der Waals surface area contributed by atoms with Gasteiger partial charge in [-0.05, 0) is 24.7 Å². The van der Waals surface area contributed by atoms with Crippen LogP contribution in [0.4, 0.5) is 0 Å². The van der Waals surface area contributed by atoms with Gasteiger partial charge in [0.05, 0.1) is 6.10 Å². The van der Waals surface area contributed by atoms with Crippen LogP contribution in [0.15, 0.2) is 24.3 Å². The highest BCUT2D eigenvalue weighted by atomic mass is 16.5. The summed E-state index contributed by atoms with van der Waals surface area (Å²) in [6.07, 6.45) is 9.52. The molecule has 0 spiro atoms. The first-order chi connectivity index (χ1) is 7.29. The van der Waals surface area contributed by atoms with Crippen molar-refractivity contribution in [3.63, 3.8) is 0 Å². The number of nitrogens with two attached hydrogens (primary N) is 1. The van der Waals surface area contributed by atoms with Gasteiger partial charge in [0.2, 0.25) is 0 Å². The summed E-state index contributed by atoms with van der Waals surface area (Å²) >= 11 is 0. The Balaban J connectivity index is 3.03. The molecule has 2 N–H and O–H groups in total. The normalized spacial score (nSPS) is 40.9. The van der Waals surface area contributed by atoms with Gasteiger partial charge in [-0.25, -0.2) is 0 Å². The molecular formula is C14H25NO. The van der Waals surface area contributed by atoms with Gasteiger partial charge >= 0.3 is 0 Å². The maximum absolute atomic E-state index is 6.38. The van der Waals surface area contributed by atoms with Gasteiger partial charge in [-0.2, -0.15) is 0 Å². The highest BCUT2D eigenvalue weighted by Gasteiger charge is 2.36. The van der Waals surface area contributed by atoms with E-state index in [0.29, 0.717) is 5.92 Å². The molecule has 0 aromatic heterocycles. The average Bonchev–Trinajstić information content (AvgIpc) is 2.23. The lowest BCUT2D eigenvalue weighted by Gasteiger charge is -2.40. The van der Waals surface area contributed by atoms with Crippen molar-refractivity contribution in [1.29, 1.82) is 0 Å². The molecule has 0 bridgehead atoms. The van der Waals surface area contributed by atoms with E-state index in [1.165, 1.54) is 0 Å². The molecule has 2 heteroatoms. The van der Waals surface area contributed by atoms with Gasteiger partial charge in [0, 0.05) is 12.6 Å². The Morgan fingerprint density at radius 2 is 1.88 bits per heavy atom. The zero-order chi connectivity index (χ0) is 12.4. The molecule has 0 aromatic rings. The summed E-state index contributed by atoms with van der Waals surface area (Å²) < 4.78 is 5.35. The first-order valence-corrected chi connectivity index (χ1v) is 5.97. The maximum Gasteiger partial charge on any atom is 0.0934 e. The van der Waals surface area contributed by atoms with E-state index in [1.54, 1.807) is 7.11 Å². The van der Waals surface area contributed by atoms with E-state index in [0.717, 1.165) is 6.42 Å². The van der Waals surface area contributed by atoms with Gasteiger partial charge in [0.1, 0.15) is 0 Å². The van der Waals surface area contributed by atoms with Gasteiger partial charge in [-0.1, -0.05) is 45.1 Å². The van der Waals surface area contributed by atoms with Crippen molar-refractivity contribution >= 4 is 0 Å². The van der Waals surface area contributed by atoms with Gasteiger partial charge < -0.3 is 10.5 Å². The molecular weight excluding hydrogens is 198 g/mol. The molecule has 1 aliphatic rings. The molecule has 0 fully saturated rings. The molecule has 0 amide bonds. The predicted octanol–water partition coefficient (Wildman–Crippen LogP) is 2.90. The van der Waals surface area contributed by atoms with Crippen molar-refractivity contribution in [2.75, 3.05) is 7.11 Å². The number of hydrogen-bond donors (Lipinski definition) is 1. The monoisotopic (exact) mass is 223 g/mol. The third-order valence-corrected chi connectivity index (χ3v) is 3.99. The van der Waals surface area contributed by atoms with Crippen molar-refractivity contribution in [3.8, 4) is 0 Å². The largest absolute Gasteiger partial charge is 0.373 e. The smallest absolute Gasteiger partial charge is 0.0934 e. The first kappa shape index (κ1) is 13.5. The summed E-state index contributed by atoms with van der Waals surface area (Å²) in [4.78, 5) is 0. The van der Waals surface area contributed by atoms with Gasteiger partial charge in [0.15, 0.2) is 0 Å². The molecule has 0 saturated carbocycles. The highest BCUT2D eigenvalue weighted by Crippen LogP contribution is 2.38. The summed E-state index contributed by atoms with van der Waals surface area (Å²) in [7, 11) is 1.72. The molecule has 0 heterocycles. The van der Waals surface area contributed by atoms with Crippen LogP contribution < -0.4 is 5.73 Å². The standard InChI is InChI=1S/C14H25NO/c1-11-13(2,3)9-6-7-12(16-5)8-10-14(11,4)15/h6-8,10-12H,9,15H2,1-5H3/b7-6-,10-8?. The summed E-state index contributed by atoms with van der Waals surface area (Å²) in [6, 6.07) is 0. The van der Waals surface area contributed by atoms with Crippen LogP contribution in [0.3, 0.4) is 0 Å². The van der Waals surface area contributed by atoms with Crippen molar-refractivity contribution in [2.24, 2.45) is 17.1 Å². The highest BCUT2D eigenvalue weighted by molar-refractivity contribution is 5.15. The number of ether oxygens (including phenoxy) is 1. The van der Waals surface area contributed by atoms with E-state index in [-0.39, 0.29) is 17.1 Å². The number of hydrogen-bond acceptors (Lipinski definition) is 2. The zero-order valence-electron chi connectivity index (χ0n) is 11.2. The lowest BCUT2D eigenvalue weighted by Crippen LogP contribution is -2.47. The summed E-state index contributed by atoms with van der Waals surface area (Å²) in [5, 5.41) is 0. The van der Waals surface area contributed by atoms with E-state index >= 15 is 0 Å². The van der Waals surface area contributed by atoms with Gasteiger partial charge in [-0.15, -0.1) is 0 Å². The third-order valence-electron chi connectivity index (χ3n) is 3.99. The minimum Gasteiger partial charge on any atom is -0.373 e. The molecule has 0 aromatic carbocycles. The quantitative estimate of drug-likeness (QED) is 0.694. The van der Waals surface area contributed by atoms with Crippen molar-refractivity contribution in [2.45, 2.75) is 45.8 Å². The minimum absolute atomic E-state index is 0.0453. The van der Waals surface area contributed by atoms with E-state index in [4.69, 9.17) is 10.5 Å². The lowest BCUT2D eigenvalue weighted by atomic mass is 9.68. The maximum atomic E-state index is 6.38. The van der Waals surface area contributed by atoms with E-state index < -0.39 is 0 Å². The molecule has 16 heavy (non-hydrogen) atoms. The molecule has 0 aliphatic heterocycles. The van der Waals surface area contributed by atoms with Crippen LogP contribution in [0.1, 0.15) is 34.1 Å². The topological polar surface area (TPSA) is 35.2 Å². The Labute approximate surface area is 99.6 Å². The van der Waals surface area contributed by atoms with Crippen LogP contribution in [0.5, 0.6) is 0 Å². The molecule has 92 valence electrons. The third kappa shape index (κ3) is 2.96. The Hall–Kier alpha value is -0.600. The predicted molar refractivity (Wildman–Crippen MR) is 69.2 cm³/mol. The van der Waals surface area contributed by atoms with E-state index in [2.05, 4.69) is 52.0 Å². The van der Waals surface area contributed by atoms with Crippen LogP contribution in [-0.2, 0) is 4.74 Å². The second-order valence-corrected chi connectivity index (χ2v) is 5.77. The average molecular weight is 223 g/mol. The lowest BCUT2D eigenvalue weighted by molar-refractivity contribution is 0.168. The fraction of sp³-hybridized carbons (Fsp3) is 0.714. The molecule has 3 atom stereocenters. The van der Waals surface area contributed by atoms with Crippen LogP contribution in [0, 0.1) is 11.3 Å². The zero-order valence-corrected chi connectivity index (χ0v) is 11.2. The Morgan fingerprint density at radius 3 is 2.44 bits per heavy atom. The second-order valence-electron chi connectivity index (χ2n) is 5.77. The molecule has 3 unspecified atom stereocenters. The fourth-order valence-electron chi connectivity index (χ4n) is 2.19. The molecule has 1 aliphatic carbocycles. The molecule has 0 radical (unpaired) electrons. The Kier molecular flexibility index (Phi) is 3.97. The van der Waals surface area contributed by atoms with Crippen LogP contribution in [-0.4, -0.2) is 18.8 Å². The molecule has 1 rings (SSSR count). The van der Waals surface area contributed by atoms with E-state index in [9.17, 15) is 0 Å². The van der Waals surface area contributed by atoms with E-state index in [1.807, 2.05) is 0 Å². The van der Waals surface area contributed by atoms with Gasteiger partial charge in [0.25, 0.3) is 0 Å². The number of methoxy groups -OCH3 is 1. The van der Waals surface area contributed by atoms with Crippen LogP contribution >= 0.6 is 0 Å². The van der Waals surface area contributed by atoms with Crippen molar-refractivity contribution in [3.05, 3.63) is 24.3 Å². The molecule has 0 saturated heterocycles. The van der Waals surface area contributed by atoms with Gasteiger partial charge in [-0.3, -0.25) is 0 Å². The first-order valence-electron chi connectivity index (χ1n) is 5.97. The second kappa shape index (κ2) is 4.72. The Bertz CT molecular complexity index is 289.